The minimum absolute atomic E-state index is 0.153. The average molecular weight is 501 g/mol. The normalized spacial score (nSPS) is 19.5. The van der Waals surface area contributed by atoms with Crippen LogP contribution in [0.2, 0.25) is 10.0 Å². The molecule has 2 aromatic carbocycles. The van der Waals surface area contributed by atoms with Gasteiger partial charge in [-0.15, -0.1) is 0 Å². The third-order valence-corrected chi connectivity index (χ3v) is 7.25. The molecule has 7 nitrogen and oxygen atoms in total. The third-order valence-electron chi connectivity index (χ3n) is 4.85. The topological polar surface area (TPSA) is 84.9 Å². The van der Waals surface area contributed by atoms with Crippen molar-refractivity contribution in [2.45, 2.75) is 44.3 Å². The Morgan fingerprint density at radius 2 is 1.69 bits per heavy atom. The van der Waals surface area contributed by atoms with E-state index < -0.39 is 15.9 Å². The van der Waals surface area contributed by atoms with Crippen LogP contribution < -0.4 is 10.1 Å². The quantitative estimate of drug-likeness (QED) is 0.588. The fourth-order valence-corrected chi connectivity index (χ4v) is 5.61. The van der Waals surface area contributed by atoms with Crippen LogP contribution in [0.15, 0.2) is 41.3 Å². The maximum atomic E-state index is 13.0. The predicted molar refractivity (Wildman–Crippen MR) is 125 cm³/mol. The highest BCUT2D eigenvalue weighted by molar-refractivity contribution is 7.89. The number of amides is 1. The summed E-state index contributed by atoms with van der Waals surface area (Å²) in [6.45, 7) is 6.70. The monoisotopic (exact) mass is 500 g/mol. The molecular formula is C22H26Cl2N2O5S. The van der Waals surface area contributed by atoms with Gasteiger partial charge in [-0.1, -0.05) is 30.1 Å². The second-order valence-electron chi connectivity index (χ2n) is 7.68. The molecule has 1 aliphatic rings. The molecule has 2 unspecified atom stereocenters. The summed E-state index contributed by atoms with van der Waals surface area (Å²) in [5.41, 5.74) is 0.702. The van der Waals surface area contributed by atoms with E-state index in [-0.39, 0.29) is 32.7 Å². The van der Waals surface area contributed by atoms with Crippen LogP contribution in [0.3, 0.4) is 0 Å². The van der Waals surface area contributed by atoms with Crippen molar-refractivity contribution < 1.29 is 22.7 Å². The highest BCUT2D eigenvalue weighted by Gasteiger charge is 2.32. The van der Waals surface area contributed by atoms with E-state index in [0.717, 1.165) is 6.42 Å². The second-order valence-corrected chi connectivity index (χ2v) is 10.4. The molecule has 2 atom stereocenters. The van der Waals surface area contributed by atoms with Gasteiger partial charge >= 0.3 is 0 Å². The van der Waals surface area contributed by atoms with E-state index in [1.54, 1.807) is 12.1 Å². The smallest absolute Gasteiger partial charge is 0.255 e. The summed E-state index contributed by atoms with van der Waals surface area (Å²) in [5, 5.41) is 3.21. The van der Waals surface area contributed by atoms with E-state index in [1.165, 1.54) is 28.6 Å². The Morgan fingerprint density at radius 1 is 1.12 bits per heavy atom. The van der Waals surface area contributed by atoms with E-state index in [2.05, 4.69) is 5.32 Å². The first kappa shape index (κ1) is 24.8. The Bertz CT molecular complexity index is 1040. The molecule has 1 saturated heterocycles. The van der Waals surface area contributed by atoms with Crippen molar-refractivity contribution in [2.75, 3.05) is 25.0 Å². The number of halogens is 2. The van der Waals surface area contributed by atoms with Gasteiger partial charge in [0.25, 0.3) is 5.91 Å². The molecule has 1 amide bonds. The number of nitrogens with one attached hydrogen (secondary N) is 1. The zero-order chi connectivity index (χ0) is 23.5. The van der Waals surface area contributed by atoms with E-state index >= 15 is 0 Å². The first-order valence-corrected chi connectivity index (χ1v) is 12.5. The Balaban J connectivity index is 1.72. The Kier molecular flexibility index (Phi) is 8.06. The lowest BCUT2D eigenvalue weighted by atomic mass is 10.2. The lowest BCUT2D eigenvalue weighted by molar-refractivity contribution is -0.0440. The van der Waals surface area contributed by atoms with Gasteiger partial charge in [0.2, 0.25) is 10.0 Å². The van der Waals surface area contributed by atoms with Crippen molar-refractivity contribution in [3.8, 4) is 5.75 Å². The summed E-state index contributed by atoms with van der Waals surface area (Å²) in [6, 6.07) is 8.98. The summed E-state index contributed by atoms with van der Waals surface area (Å²) in [4.78, 5) is 12.8. The third kappa shape index (κ3) is 5.74. The Labute approximate surface area is 198 Å². The summed E-state index contributed by atoms with van der Waals surface area (Å²) < 4.78 is 38.5. The van der Waals surface area contributed by atoms with Gasteiger partial charge in [0.1, 0.15) is 0 Å². The number of sulfonamides is 1. The van der Waals surface area contributed by atoms with Gasteiger partial charge in [0.15, 0.2) is 5.75 Å². The molecule has 0 aromatic heterocycles. The Hall–Kier alpha value is -1.84. The maximum absolute atomic E-state index is 13.0. The minimum atomic E-state index is -3.66. The Morgan fingerprint density at radius 3 is 2.22 bits per heavy atom. The molecule has 1 fully saturated rings. The fourth-order valence-electron chi connectivity index (χ4n) is 3.42. The largest absolute Gasteiger partial charge is 0.490 e. The number of anilines is 1. The first-order chi connectivity index (χ1) is 15.1. The minimum Gasteiger partial charge on any atom is -0.490 e. The number of ether oxygens (including phenoxy) is 2. The van der Waals surface area contributed by atoms with Crippen LogP contribution in [0, 0.1) is 0 Å². The molecule has 1 heterocycles. The van der Waals surface area contributed by atoms with Crippen LogP contribution in [-0.4, -0.2) is 50.5 Å². The molecule has 10 heteroatoms. The van der Waals surface area contributed by atoms with Gasteiger partial charge in [-0.2, -0.15) is 4.31 Å². The summed E-state index contributed by atoms with van der Waals surface area (Å²) in [5.74, 6) is -0.0877. The van der Waals surface area contributed by atoms with Crippen molar-refractivity contribution >= 4 is 44.8 Å². The highest BCUT2D eigenvalue weighted by Crippen LogP contribution is 2.34. The molecule has 0 aliphatic carbocycles. The first-order valence-electron chi connectivity index (χ1n) is 10.3. The molecule has 0 bridgehead atoms. The van der Waals surface area contributed by atoms with Gasteiger partial charge in [0, 0.05) is 24.3 Å². The molecule has 1 N–H and O–H groups in total. The standard InChI is InChI=1S/C22H26Cl2N2O5S/c1-4-9-30-21-19(23)10-16(11-20(21)24)22(27)25-17-5-7-18(8-6-17)32(28,29)26-12-14(2)31-15(3)13-26/h5-8,10-11,14-15H,4,9,12-13H2,1-3H3,(H,25,27). The van der Waals surface area contributed by atoms with Gasteiger partial charge in [0.05, 0.1) is 33.8 Å². The van der Waals surface area contributed by atoms with Crippen molar-refractivity contribution in [1.29, 1.82) is 0 Å². The predicted octanol–water partition coefficient (Wildman–Crippen LogP) is 4.83. The molecule has 0 spiro atoms. The summed E-state index contributed by atoms with van der Waals surface area (Å²) >= 11 is 12.4. The SMILES string of the molecule is CCCOc1c(Cl)cc(C(=O)Nc2ccc(S(=O)(=O)N3CC(C)OC(C)C3)cc2)cc1Cl. The number of rotatable bonds is 7. The van der Waals surface area contributed by atoms with Crippen LogP contribution in [0.4, 0.5) is 5.69 Å². The lowest BCUT2D eigenvalue weighted by Gasteiger charge is -2.34. The van der Waals surface area contributed by atoms with Crippen molar-refractivity contribution in [1.82, 2.24) is 4.31 Å². The van der Waals surface area contributed by atoms with E-state index in [9.17, 15) is 13.2 Å². The van der Waals surface area contributed by atoms with E-state index in [1.807, 2.05) is 20.8 Å². The molecule has 0 radical (unpaired) electrons. The molecule has 2 aromatic rings. The van der Waals surface area contributed by atoms with E-state index in [4.69, 9.17) is 32.7 Å². The van der Waals surface area contributed by atoms with Crippen LogP contribution in [-0.2, 0) is 14.8 Å². The lowest BCUT2D eigenvalue weighted by Crippen LogP contribution is -2.48. The number of hydrogen-bond acceptors (Lipinski definition) is 5. The van der Waals surface area contributed by atoms with Crippen molar-refractivity contribution in [3.05, 3.63) is 52.0 Å². The number of benzene rings is 2. The molecule has 3 rings (SSSR count). The van der Waals surface area contributed by atoms with Crippen molar-refractivity contribution in [3.63, 3.8) is 0 Å². The molecule has 32 heavy (non-hydrogen) atoms. The number of nitrogens with zero attached hydrogens (tertiary/aromatic N) is 1. The van der Waals surface area contributed by atoms with Crippen LogP contribution in [0.5, 0.6) is 5.75 Å². The maximum Gasteiger partial charge on any atom is 0.255 e. The summed E-state index contributed by atoms with van der Waals surface area (Å²) in [6.07, 6.45) is 0.443. The zero-order valence-corrected chi connectivity index (χ0v) is 20.4. The highest BCUT2D eigenvalue weighted by atomic mass is 35.5. The number of morpholine rings is 1. The van der Waals surface area contributed by atoms with Gasteiger partial charge < -0.3 is 14.8 Å². The molecule has 1 aliphatic heterocycles. The van der Waals surface area contributed by atoms with Gasteiger partial charge in [-0.3, -0.25) is 4.79 Å². The van der Waals surface area contributed by atoms with Crippen LogP contribution >= 0.6 is 23.2 Å². The second kappa shape index (κ2) is 10.4. The fraction of sp³-hybridized carbons (Fsp3) is 0.409. The molecular weight excluding hydrogens is 475 g/mol. The van der Waals surface area contributed by atoms with Crippen molar-refractivity contribution in [2.24, 2.45) is 0 Å². The van der Waals surface area contributed by atoms with E-state index in [0.29, 0.717) is 31.1 Å². The average Bonchev–Trinajstić information content (AvgIpc) is 2.72. The molecule has 174 valence electrons. The summed E-state index contributed by atoms with van der Waals surface area (Å²) in [7, 11) is -3.66. The number of hydrogen-bond donors (Lipinski definition) is 1. The number of carbonyl (C=O) groups is 1. The van der Waals surface area contributed by atoms with Gasteiger partial charge in [-0.05, 0) is 56.7 Å². The molecule has 0 saturated carbocycles. The van der Waals surface area contributed by atoms with Crippen LogP contribution in [0.1, 0.15) is 37.6 Å². The zero-order valence-electron chi connectivity index (χ0n) is 18.1. The van der Waals surface area contributed by atoms with Crippen LogP contribution in [0.25, 0.3) is 0 Å². The van der Waals surface area contributed by atoms with Gasteiger partial charge in [-0.25, -0.2) is 8.42 Å². The number of carbonyl (C=O) groups excluding carboxylic acids is 1.